The third-order valence-electron chi connectivity index (χ3n) is 2.56. The van der Waals surface area contributed by atoms with Gasteiger partial charge in [0.2, 0.25) is 0 Å². The molecular formula is C13H13F2N3O3. The maximum absolute atomic E-state index is 12.1. The van der Waals surface area contributed by atoms with Crippen molar-refractivity contribution in [3.05, 3.63) is 30.1 Å². The Morgan fingerprint density at radius 1 is 1.33 bits per heavy atom. The smallest absolute Gasteiger partial charge is 0.387 e. The molecule has 0 spiro atoms. The molecule has 0 N–H and O–H groups in total. The number of esters is 1. The van der Waals surface area contributed by atoms with E-state index in [2.05, 4.69) is 14.8 Å². The SMILES string of the molecule is CCOC(=O)c1nc(-c2ccc(OC(F)F)cc2)n(C)n1. The minimum atomic E-state index is -2.87. The Morgan fingerprint density at radius 3 is 2.57 bits per heavy atom. The molecule has 2 rings (SSSR count). The number of ether oxygens (including phenoxy) is 2. The largest absolute Gasteiger partial charge is 0.460 e. The van der Waals surface area contributed by atoms with Gasteiger partial charge in [0.25, 0.3) is 5.82 Å². The van der Waals surface area contributed by atoms with Crippen LogP contribution in [0.5, 0.6) is 5.75 Å². The second kappa shape index (κ2) is 6.29. The fraction of sp³-hybridized carbons (Fsp3) is 0.308. The van der Waals surface area contributed by atoms with Gasteiger partial charge < -0.3 is 9.47 Å². The number of aromatic nitrogens is 3. The number of rotatable bonds is 5. The highest BCUT2D eigenvalue weighted by Crippen LogP contribution is 2.21. The highest BCUT2D eigenvalue weighted by molar-refractivity contribution is 5.85. The molecule has 21 heavy (non-hydrogen) atoms. The average molecular weight is 297 g/mol. The molecule has 1 heterocycles. The Hall–Kier alpha value is -2.51. The third kappa shape index (κ3) is 3.53. The number of aryl methyl sites for hydroxylation is 1. The topological polar surface area (TPSA) is 66.2 Å². The Bertz CT molecular complexity index is 626. The van der Waals surface area contributed by atoms with Crippen LogP contribution in [0.2, 0.25) is 0 Å². The van der Waals surface area contributed by atoms with Gasteiger partial charge in [-0.2, -0.15) is 8.78 Å². The van der Waals surface area contributed by atoms with Gasteiger partial charge in [-0.05, 0) is 31.2 Å². The molecule has 8 heteroatoms. The molecule has 0 fully saturated rings. The van der Waals surface area contributed by atoms with E-state index in [9.17, 15) is 13.6 Å². The van der Waals surface area contributed by atoms with Crippen LogP contribution >= 0.6 is 0 Å². The monoisotopic (exact) mass is 297 g/mol. The summed E-state index contributed by atoms with van der Waals surface area (Å²) < 4.78 is 34.6. The van der Waals surface area contributed by atoms with Gasteiger partial charge in [0.05, 0.1) is 6.61 Å². The second-order valence-corrected chi connectivity index (χ2v) is 4.01. The minimum absolute atomic E-state index is 0.0431. The molecule has 0 aliphatic rings. The van der Waals surface area contributed by atoms with Crippen molar-refractivity contribution in [2.24, 2.45) is 7.05 Å². The molecule has 0 saturated carbocycles. The normalized spacial score (nSPS) is 10.7. The summed E-state index contributed by atoms with van der Waals surface area (Å²) in [5.74, 6) is -0.206. The summed E-state index contributed by atoms with van der Waals surface area (Å²) in [5, 5.41) is 3.96. The number of nitrogens with zero attached hydrogens (tertiary/aromatic N) is 3. The van der Waals surface area contributed by atoms with E-state index in [1.165, 1.54) is 16.8 Å². The summed E-state index contributed by atoms with van der Waals surface area (Å²) in [5.41, 5.74) is 0.613. The molecule has 6 nitrogen and oxygen atoms in total. The molecule has 0 saturated heterocycles. The van der Waals surface area contributed by atoms with Gasteiger partial charge in [-0.1, -0.05) is 0 Å². The Balaban J connectivity index is 2.23. The van der Waals surface area contributed by atoms with Crippen LogP contribution < -0.4 is 4.74 Å². The zero-order chi connectivity index (χ0) is 15.4. The molecule has 0 unspecified atom stereocenters. The van der Waals surface area contributed by atoms with Crippen LogP contribution in [0.1, 0.15) is 17.5 Å². The van der Waals surface area contributed by atoms with Crippen molar-refractivity contribution in [3.8, 4) is 17.1 Å². The van der Waals surface area contributed by atoms with Gasteiger partial charge in [-0.3, -0.25) is 0 Å². The van der Waals surface area contributed by atoms with Crippen LogP contribution in [0, 0.1) is 0 Å². The van der Waals surface area contributed by atoms with E-state index in [4.69, 9.17) is 4.74 Å². The van der Waals surface area contributed by atoms with E-state index >= 15 is 0 Å². The fourth-order valence-electron chi connectivity index (χ4n) is 1.70. The quantitative estimate of drug-likeness (QED) is 0.792. The first-order valence-electron chi connectivity index (χ1n) is 6.14. The lowest BCUT2D eigenvalue weighted by Gasteiger charge is -2.05. The number of hydrogen-bond donors (Lipinski definition) is 0. The highest BCUT2D eigenvalue weighted by atomic mass is 19.3. The summed E-state index contributed by atoms with van der Waals surface area (Å²) in [4.78, 5) is 15.6. The molecule has 1 aromatic carbocycles. The molecule has 2 aromatic rings. The number of alkyl halides is 2. The summed E-state index contributed by atoms with van der Waals surface area (Å²) in [6.07, 6.45) is 0. The summed E-state index contributed by atoms with van der Waals surface area (Å²) >= 11 is 0. The van der Waals surface area contributed by atoms with Gasteiger partial charge >= 0.3 is 12.6 Å². The van der Waals surface area contributed by atoms with Crippen LogP contribution in [-0.2, 0) is 11.8 Å². The van der Waals surface area contributed by atoms with Crippen molar-refractivity contribution in [2.45, 2.75) is 13.5 Å². The molecule has 0 atom stereocenters. The van der Waals surface area contributed by atoms with Gasteiger partial charge in [-0.15, -0.1) is 5.10 Å². The Kier molecular flexibility index (Phi) is 4.46. The van der Waals surface area contributed by atoms with Crippen molar-refractivity contribution in [2.75, 3.05) is 6.61 Å². The molecule has 112 valence electrons. The molecule has 0 aliphatic heterocycles. The number of carbonyl (C=O) groups excluding carboxylic acids is 1. The lowest BCUT2D eigenvalue weighted by Crippen LogP contribution is -2.07. The van der Waals surface area contributed by atoms with E-state index < -0.39 is 12.6 Å². The number of halogens is 2. The second-order valence-electron chi connectivity index (χ2n) is 4.01. The van der Waals surface area contributed by atoms with E-state index in [1.807, 2.05) is 0 Å². The standard InChI is InChI=1S/C13H13F2N3O3/c1-3-20-12(19)10-16-11(18(2)17-10)8-4-6-9(7-5-8)21-13(14)15/h4-7,13H,3H2,1-2H3. The molecule has 0 radical (unpaired) electrons. The van der Waals surface area contributed by atoms with Crippen LogP contribution in [-0.4, -0.2) is 34.0 Å². The molecule has 1 aromatic heterocycles. The Morgan fingerprint density at radius 2 is 2.00 bits per heavy atom. The van der Waals surface area contributed by atoms with E-state index in [-0.39, 0.29) is 18.2 Å². The third-order valence-corrected chi connectivity index (χ3v) is 2.56. The molecule has 0 amide bonds. The summed E-state index contributed by atoms with van der Waals surface area (Å²) in [6.45, 7) is -0.962. The van der Waals surface area contributed by atoms with Gasteiger partial charge in [0, 0.05) is 12.6 Å². The zero-order valence-electron chi connectivity index (χ0n) is 11.4. The Labute approximate surface area is 119 Å². The first kappa shape index (κ1) is 14.9. The fourth-order valence-corrected chi connectivity index (χ4v) is 1.70. The van der Waals surface area contributed by atoms with Gasteiger partial charge in [0.1, 0.15) is 5.75 Å². The first-order chi connectivity index (χ1) is 10.0. The van der Waals surface area contributed by atoms with Crippen molar-refractivity contribution < 1.29 is 23.0 Å². The van der Waals surface area contributed by atoms with E-state index in [1.54, 1.807) is 26.1 Å². The number of hydrogen-bond acceptors (Lipinski definition) is 5. The van der Waals surface area contributed by atoms with Crippen molar-refractivity contribution in [1.82, 2.24) is 14.8 Å². The molecule has 0 bridgehead atoms. The maximum atomic E-state index is 12.1. The lowest BCUT2D eigenvalue weighted by molar-refractivity contribution is -0.0498. The first-order valence-corrected chi connectivity index (χ1v) is 6.14. The number of benzene rings is 1. The van der Waals surface area contributed by atoms with Crippen molar-refractivity contribution in [1.29, 1.82) is 0 Å². The van der Waals surface area contributed by atoms with Crippen LogP contribution in [0.25, 0.3) is 11.4 Å². The van der Waals surface area contributed by atoms with Crippen molar-refractivity contribution >= 4 is 5.97 Å². The van der Waals surface area contributed by atoms with Crippen LogP contribution in [0.3, 0.4) is 0 Å². The number of carbonyl (C=O) groups is 1. The van der Waals surface area contributed by atoms with Crippen LogP contribution in [0.15, 0.2) is 24.3 Å². The minimum Gasteiger partial charge on any atom is -0.460 e. The highest BCUT2D eigenvalue weighted by Gasteiger charge is 2.17. The lowest BCUT2D eigenvalue weighted by atomic mass is 10.2. The van der Waals surface area contributed by atoms with Gasteiger partial charge in [-0.25, -0.2) is 14.5 Å². The average Bonchev–Trinajstić information content (AvgIpc) is 2.81. The predicted octanol–water partition coefficient (Wildman–Crippen LogP) is 2.26. The van der Waals surface area contributed by atoms with Crippen LogP contribution in [0.4, 0.5) is 8.78 Å². The van der Waals surface area contributed by atoms with Crippen molar-refractivity contribution in [3.63, 3.8) is 0 Å². The maximum Gasteiger partial charge on any atom is 0.387 e. The molecular weight excluding hydrogens is 284 g/mol. The van der Waals surface area contributed by atoms with E-state index in [0.29, 0.717) is 11.4 Å². The summed E-state index contributed by atoms with van der Waals surface area (Å²) in [7, 11) is 1.62. The molecule has 0 aliphatic carbocycles. The predicted molar refractivity (Wildman–Crippen MR) is 69.0 cm³/mol. The van der Waals surface area contributed by atoms with E-state index in [0.717, 1.165) is 0 Å². The summed E-state index contributed by atoms with van der Waals surface area (Å²) in [6, 6.07) is 5.88. The zero-order valence-corrected chi connectivity index (χ0v) is 11.4. The van der Waals surface area contributed by atoms with Gasteiger partial charge in [0.15, 0.2) is 5.82 Å².